The summed E-state index contributed by atoms with van der Waals surface area (Å²) in [5, 5.41) is 0. The molecule has 0 atom stereocenters. The lowest BCUT2D eigenvalue weighted by Crippen LogP contribution is -2.45. The highest BCUT2D eigenvalue weighted by atomic mass is 16.5. The highest BCUT2D eigenvalue weighted by Crippen LogP contribution is 2.32. The minimum Gasteiger partial charge on any atom is -0.497 e. The molecule has 0 aliphatic heterocycles. The van der Waals surface area contributed by atoms with E-state index in [0.29, 0.717) is 23.0 Å². The molecule has 0 saturated carbocycles. The van der Waals surface area contributed by atoms with Crippen LogP contribution in [0.3, 0.4) is 0 Å². The minimum atomic E-state index is -0.857. The lowest BCUT2D eigenvalue weighted by Gasteiger charge is -2.33. The van der Waals surface area contributed by atoms with Crippen LogP contribution in [0.2, 0.25) is 0 Å². The largest absolute Gasteiger partial charge is 0.497 e. The molecule has 0 unspecified atom stereocenters. The summed E-state index contributed by atoms with van der Waals surface area (Å²) in [4.78, 5) is 4.72. The fourth-order valence-electron chi connectivity index (χ4n) is 8.27. The minimum absolute atomic E-state index is 0.182. The predicted octanol–water partition coefficient (Wildman–Crippen LogP) is 15.9. The molecule has 0 N–H and O–H groups in total. The van der Waals surface area contributed by atoms with Crippen LogP contribution >= 0.6 is 0 Å². The SMILES string of the molecule is C=C(c1ccccc1)c1ccc(OCC(COc2ccc(C(=C)c3ccccc3)cc2)(COc2ccc(C(=C)c3ccccc3)cc2)COc2ccc(C(=C=Nc3ccc(OC)cc3)c3ccccc3)cc2)cc1. The molecule has 74 heavy (non-hydrogen) atoms. The second-order valence-electron chi connectivity index (χ2n) is 17.9. The van der Waals surface area contributed by atoms with E-state index in [1.807, 2.05) is 194 Å². The van der Waals surface area contributed by atoms with E-state index in [1.54, 1.807) is 7.11 Å². The zero-order chi connectivity index (χ0) is 51.0. The van der Waals surface area contributed by atoms with Gasteiger partial charge in [0.25, 0.3) is 0 Å². The van der Waals surface area contributed by atoms with Crippen molar-refractivity contribution >= 4 is 33.8 Å². The number of aliphatic imine (C=N–C) groups is 1. The van der Waals surface area contributed by atoms with Crippen molar-refractivity contribution in [3.63, 3.8) is 0 Å². The van der Waals surface area contributed by atoms with Crippen molar-refractivity contribution in [2.75, 3.05) is 33.5 Å². The van der Waals surface area contributed by atoms with E-state index in [4.69, 9.17) is 28.7 Å². The molecule has 9 aromatic carbocycles. The summed E-state index contributed by atoms with van der Waals surface area (Å²) in [6, 6.07) is 80.2. The van der Waals surface area contributed by atoms with Crippen LogP contribution in [0.1, 0.15) is 44.5 Å². The molecule has 0 aromatic heterocycles. The van der Waals surface area contributed by atoms with Gasteiger partial charge in [0.05, 0.1) is 18.4 Å². The van der Waals surface area contributed by atoms with Gasteiger partial charge in [-0.25, -0.2) is 4.99 Å². The quantitative estimate of drug-likeness (QED) is 0.0634. The Balaban J connectivity index is 1.01. The molecule has 9 aromatic rings. The van der Waals surface area contributed by atoms with E-state index in [2.05, 4.69) is 74.1 Å². The predicted molar refractivity (Wildman–Crippen MR) is 303 cm³/mol. The summed E-state index contributed by atoms with van der Waals surface area (Å²) < 4.78 is 32.3. The molecule has 0 aliphatic carbocycles. The lowest BCUT2D eigenvalue weighted by atomic mass is 9.91. The van der Waals surface area contributed by atoms with Crippen LogP contribution in [0.25, 0.3) is 22.3 Å². The van der Waals surface area contributed by atoms with Crippen molar-refractivity contribution in [2.45, 2.75) is 0 Å². The lowest BCUT2D eigenvalue weighted by molar-refractivity contribution is -0.00352. The molecule has 0 amide bonds. The fraction of sp³-hybridized carbons (Fsp3) is 0.0882. The Morgan fingerprint density at radius 1 is 0.338 bits per heavy atom. The van der Waals surface area contributed by atoms with Gasteiger partial charge in [0.1, 0.15) is 60.6 Å². The van der Waals surface area contributed by atoms with Gasteiger partial charge in [-0.2, -0.15) is 0 Å². The normalized spacial score (nSPS) is 10.8. The summed E-state index contributed by atoms with van der Waals surface area (Å²) >= 11 is 0. The highest BCUT2D eigenvalue weighted by molar-refractivity contribution is 5.99. The van der Waals surface area contributed by atoms with Crippen LogP contribution in [0.15, 0.2) is 267 Å². The van der Waals surface area contributed by atoms with Gasteiger partial charge < -0.3 is 23.7 Å². The zero-order valence-electron chi connectivity index (χ0n) is 41.5. The molecular formula is C68H57NO5. The van der Waals surface area contributed by atoms with Gasteiger partial charge in [-0.3, -0.25) is 0 Å². The Labute approximate surface area is 435 Å². The Kier molecular flexibility index (Phi) is 16.2. The molecule has 364 valence electrons. The van der Waals surface area contributed by atoms with Crippen LogP contribution in [-0.2, 0) is 0 Å². The third-order valence-electron chi connectivity index (χ3n) is 12.7. The zero-order valence-corrected chi connectivity index (χ0v) is 41.5. The first-order valence-corrected chi connectivity index (χ1v) is 24.5. The van der Waals surface area contributed by atoms with E-state index in [1.165, 1.54) is 0 Å². The Morgan fingerprint density at radius 2 is 0.595 bits per heavy atom. The van der Waals surface area contributed by atoms with Crippen LogP contribution in [0.4, 0.5) is 5.69 Å². The van der Waals surface area contributed by atoms with Crippen molar-refractivity contribution in [3.05, 3.63) is 307 Å². The summed E-state index contributed by atoms with van der Waals surface area (Å²) in [5.74, 6) is 6.82. The highest BCUT2D eigenvalue weighted by Gasteiger charge is 2.36. The third kappa shape index (κ3) is 12.9. The first-order valence-electron chi connectivity index (χ1n) is 24.5. The maximum atomic E-state index is 6.79. The van der Waals surface area contributed by atoms with Crippen LogP contribution in [0.5, 0.6) is 28.7 Å². The van der Waals surface area contributed by atoms with Gasteiger partial charge in [0, 0.05) is 0 Å². The van der Waals surface area contributed by atoms with Crippen LogP contribution < -0.4 is 23.7 Å². The molecule has 9 rings (SSSR count). The number of rotatable bonds is 22. The second-order valence-corrected chi connectivity index (χ2v) is 17.9. The summed E-state index contributed by atoms with van der Waals surface area (Å²) in [7, 11) is 1.65. The number of hydrogen-bond acceptors (Lipinski definition) is 6. The van der Waals surface area contributed by atoms with E-state index >= 15 is 0 Å². The second kappa shape index (κ2) is 24.2. The van der Waals surface area contributed by atoms with Gasteiger partial charge in [0.15, 0.2) is 0 Å². The Morgan fingerprint density at radius 3 is 0.905 bits per heavy atom. The summed E-state index contributed by atoms with van der Waals surface area (Å²) in [5.41, 5.74) is 11.6. The molecule has 0 saturated heterocycles. The van der Waals surface area contributed by atoms with Crippen molar-refractivity contribution < 1.29 is 23.7 Å². The van der Waals surface area contributed by atoms with Crippen LogP contribution in [0, 0.1) is 5.41 Å². The molecule has 0 aliphatic rings. The fourth-order valence-corrected chi connectivity index (χ4v) is 8.27. The first kappa shape index (κ1) is 49.6. The molecule has 0 bridgehead atoms. The molecular weight excluding hydrogens is 911 g/mol. The van der Waals surface area contributed by atoms with E-state index in [-0.39, 0.29) is 26.4 Å². The molecule has 6 heteroatoms. The maximum Gasteiger partial charge on any atom is 0.119 e. The van der Waals surface area contributed by atoms with Crippen molar-refractivity contribution in [1.29, 1.82) is 0 Å². The standard InChI is InChI=1S/C68H57NO5/c1-50(53-17-9-5-10-18-53)56-25-35-63(36-26-56)71-46-68(47-72-64-37-27-57(28-38-64)51(2)54-19-11-6-12-20-54,48-73-65-39-29-58(30-40-65)52(3)55-21-13-7-14-22-55)49-74-66-41-31-60(32-42-66)67(59-23-15-8-16-24-59)45-69-61-33-43-62(70-4)44-34-61/h5-44H,1-3,46-49H2,4H3. The topological polar surface area (TPSA) is 58.5 Å². The molecule has 0 radical (unpaired) electrons. The monoisotopic (exact) mass is 967 g/mol. The number of hydrogen-bond donors (Lipinski definition) is 0. The smallest absolute Gasteiger partial charge is 0.119 e. The van der Waals surface area contributed by atoms with E-state index < -0.39 is 5.41 Å². The van der Waals surface area contributed by atoms with E-state index in [9.17, 15) is 0 Å². The Bertz CT molecular complexity index is 3090. The van der Waals surface area contributed by atoms with Gasteiger partial charge in [-0.15, -0.1) is 0 Å². The summed E-state index contributed by atoms with van der Waals surface area (Å²) in [6.07, 6.45) is 0. The number of ether oxygens (including phenoxy) is 5. The first-order chi connectivity index (χ1) is 36.3. The van der Waals surface area contributed by atoms with Gasteiger partial charge in [-0.05, 0) is 152 Å². The van der Waals surface area contributed by atoms with Crippen molar-refractivity contribution in [3.8, 4) is 28.7 Å². The number of benzene rings is 9. The Hall–Kier alpha value is -9.35. The third-order valence-corrected chi connectivity index (χ3v) is 12.7. The molecule has 6 nitrogen and oxygen atoms in total. The molecule has 0 spiro atoms. The average Bonchev–Trinajstić information content (AvgIpc) is 3.48. The number of methoxy groups -OCH3 is 1. The molecule has 0 fully saturated rings. The van der Waals surface area contributed by atoms with Crippen molar-refractivity contribution in [1.82, 2.24) is 0 Å². The van der Waals surface area contributed by atoms with Gasteiger partial charge in [0.2, 0.25) is 0 Å². The van der Waals surface area contributed by atoms with Crippen LogP contribution in [-0.4, -0.2) is 39.4 Å². The van der Waals surface area contributed by atoms with Gasteiger partial charge in [-0.1, -0.05) is 177 Å². The van der Waals surface area contributed by atoms with Gasteiger partial charge >= 0.3 is 0 Å². The van der Waals surface area contributed by atoms with Crippen molar-refractivity contribution in [2.24, 2.45) is 10.4 Å². The maximum absolute atomic E-state index is 6.79. The average molecular weight is 968 g/mol. The molecule has 0 heterocycles. The summed E-state index contributed by atoms with van der Waals surface area (Å²) in [6.45, 7) is 13.9. The number of nitrogens with zero attached hydrogens (tertiary/aromatic N) is 1. The van der Waals surface area contributed by atoms with E-state index in [0.717, 1.165) is 78.2 Å².